The first kappa shape index (κ1) is 19.9. The Morgan fingerprint density at radius 3 is 2.37 bits per heavy atom. The van der Waals surface area contributed by atoms with Crippen molar-refractivity contribution >= 4 is 18.0 Å². The number of methoxy groups -OCH3 is 3. The van der Waals surface area contributed by atoms with Crippen molar-refractivity contribution in [2.45, 2.75) is 6.54 Å². The van der Waals surface area contributed by atoms with Gasteiger partial charge in [-0.15, -0.1) is 0 Å². The van der Waals surface area contributed by atoms with Gasteiger partial charge in [-0.05, 0) is 35.9 Å². The molecule has 1 N–H and O–H groups in total. The molecule has 0 aliphatic carbocycles. The molecule has 0 aliphatic heterocycles. The molecule has 0 bridgehead atoms. The molecular weight excluding hydrogens is 354 g/mol. The van der Waals surface area contributed by atoms with Crippen LogP contribution in [0.25, 0.3) is 6.08 Å². The van der Waals surface area contributed by atoms with Crippen LogP contribution < -0.4 is 19.5 Å². The first-order chi connectivity index (χ1) is 13.1. The van der Waals surface area contributed by atoms with Crippen LogP contribution in [0.3, 0.4) is 0 Å². The highest BCUT2D eigenvalue weighted by atomic mass is 16.5. The Morgan fingerprint density at radius 1 is 1.11 bits per heavy atom. The molecule has 1 aromatic carbocycles. The summed E-state index contributed by atoms with van der Waals surface area (Å²) in [5, 5.41) is 2.65. The highest BCUT2D eigenvalue weighted by Gasteiger charge is 2.14. The van der Waals surface area contributed by atoms with Gasteiger partial charge in [0, 0.05) is 12.6 Å². The third-order valence-corrected chi connectivity index (χ3v) is 3.49. The highest BCUT2D eigenvalue weighted by Crippen LogP contribution is 2.38. The van der Waals surface area contributed by atoms with E-state index in [2.05, 4.69) is 5.32 Å². The van der Waals surface area contributed by atoms with Crippen LogP contribution in [0.5, 0.6) is 17.2 Å². The van der Waals surface area contributed by atoms with Crippen molar-refractivity contribution < 1.29 is 33.0 Å². The van der Waals surface area contributed by atoms with E-state index in [1.807, 2.05) is 0 Å². The van der Waals surface area contributed by atoms with Crippen LogP contribution in [-0.2, 0) is 20.9 Å². The average Bonchev–Trinajstić information content (AvgIpc) is 3.21. The lowest BCUT2D eigenvalue weighted by Gasteiger charge is -2.14. The number of carbonyl (C=O) groups excluding carboxylic acids is 2. The number of benzene rings is 1. The smallest absolute Gasteiger partial charge is 0.331 e. The molecule has 0 unspecified atom stereocenters. The van der Waals surface area contributed by atoms with Crippen LogP contribution in [0.1, 0.15) is 11.3 Å². The zero-order valence-corrected chi connectivity index (χ0v) is 15.3. The Hall–Kier alpha value is -3.42. The summed E-state index contributed by atoms with van der Waals surface area (Å²) in [7, 11) is 4.53. The van der Waals surface area contributed by atoms with Crippen molar-refractivity contribution in [1.82, 2.24) is 5.32 Å². The average molecular weight is 375 g/mol. The maximum Gasteiger partial charge on any atom is 0.331 e. The number of rotatable bonds is 9. The summed E-state index contributed by atoms with van der Waals surface area (Å²) in [5.41, 5.74) is 0.738. The van der Waals surface area contributed by atoms with Crippen molar-refractivity contribution in [3.63, 3.8) is 0 Å². The van der Waals surface area contributed by atoms with E-state index in [1.165, 1.54) is 39.7 Å². The van der Waals surface area contributed by atoms with Gasteiger partial charge >= 0.3 is 5.97 Å². The second-order valence-corrected chi connectivity index (χ2v) is 5.27. The molecular formula is C19H21NO7. The number of hydrogen-bond donors (Lipinski definition) is 1. The van der Waals surface area contributed by atoms with Gasteiger partial charge in [0.05, 0.1) is 27.6 Å². The van der Waals surface area contributed by atoms with Gasteiger partial charge in [0.25, 0.3) is 5.91 Å². The van der Waals surface area contributed by atoms with Gasteiger partial charge in [-0.3, -0.25) is 4.79 Å². The van der Waals surface area contributed by atoms with E-state index < -0.39 is 18.5 Å². The SMILES string of the molecule is COc1cc(CNC(=O)COC(=O)/C=C/c2ccco2)cc(OC)c1OC. The predicted molar refractivity (Wildman–Crippen MR) is 96.6 cm³/mol. The molecule has 0 fully saturated rings. The molecule has 0 aliphatic rings. The predicted octanol–water partition coefficient (Wildman–Crippen LogP) is 2.18. The minimum Gasteiger partial charge on any atom is -0.493 e. The highest BCUT2D eigenvalue weighted by molar-refractivity contribution is 5.88. The fourth-order valence-electron chi connectivity index (χ4n) is 2.21. The van der Waals surface area contributed by atoms with Crippen molar-refractivity contribution in [2.24, 2.45) is 0 Å². The Balaban J connectivity index is 1.85. The summed E-state index contributed by atoms with van der Waals surface area (Å²) in [6.45, 7) is -0.193. The summed E-state index contributed by atoms with van der Waals surface area (Å²) in [6, 6.07) is 6.83. The zero-order valence-electron chi connectivity index (χ0n) is 15.3. The number of furan rings is 1. The van der Waals surface area contributed by atoms with Gasteiger partial charge < -0.3 is 28.7 Å². The van der Waals surface area contributed by atoms with E-state index in [-0.39, 0.29) is 6.54 Å². The standard InChI is InChI=1S/C19H21NO7/c1-23-15-9-13(10-16(24-2)19(15)25-3)11-20-17(21)12-27-18(22)7-6-14-5-4-8-26-14/h4-10H,11-12H2,1-3H3,(H,20,21)/b7-6+. The van der Waals surface area contributed by atoms with Crippen LogP contribution in [0.15, 0.2) is 41.0 Å². The molecule has 0 atom stereocenters. The normalized spacial score (nSPS) is 10.5. The second kappa shape index (κ2) is 9.91. The van der Waals surface area contributed by atoms with Crippen molar-refractivity contribution in [2.75, 3.05) is 27.9 Å². The van der Waals surface area contributed by atoms with Crippen molar-refractivity contribution in [1.29, 1.82) is 0 Å². The van der Waals surface area contributed by atoms with Crippen molar-refractivity contribution in [3.05, 3.63) is 47.9 Å². The lowest BCUT2D eigenvalue weighted by atomic mass is 10.1. The molecule has 1 aromatic heterocycles. The molecule has 144 valence electrons. The summed E-state index contributed by atoms with van der Waals surface area (Å²) in [6.07, 6.45) is 4.13. The van der Waals surface area contributed by atoms with Crippen LogP contribution in [0.2, 0.25) is 0 Å². The zero-order chi connectivity index (χ0) is 19.6. The Bertz CT molecular complexity index is 771. The van der Waals surface area contributed by atoms with Gasteiger partial charge in [-0.2, -0.15) is 0 Å². The minimum atomic E-state index is -0.644. The van der Waals surface area contributed by atoms with Gasteiger partial charge in [0.1, 0.15) is 5.76 Å². The van der Waals surface area contributed by atoms with E-state index >= 15 is 0 Å². The summed E-state index contributed by atoms with van der Waals surface area (Å²) in [5.74, 6) is 0.857. The van der Waals surface area contributed by atoms with E-state index in [4.69, 9.17) is 23.4 Å². The molecule has 27 heavy (non-hydrogen) atoms. The minimum absolute atomic E-state index is 0.204. The third kappa shape index (κ3) is 5.81. The van der Waals surface area contributed by atoms with Gasteiger partial charge in [0.2, 0.25) is 5.75 Å². The largest absolute Gasteiger partial charge is 0.493 e. The Morgan fingerprint density at radius 2 is 1.81 bits per heavy atom. The van der Waals surface area contributed by atoms with Crippen LogP contribution in [0.4, 0.5) is 0 Å². The Kier molecular flexibility index (Phi) is 7.30. The molecule has 2 aromatic rings. The number of esters is 1. The lowest BCUT2D eigenvalue weighted by Crippen LogP contribution is -2.28. The number of amides is 1. The molecule has 8 nitrogen and oxygen atoms in total. The molecule has 0 spiro atoms. The van der Waals surface area contributed by atoms with Crippen molar-refractivity contribution in [3.8, 4) is 17.2 Å². The number of nitrogens with one attached hydrogen (secondary N) is 1. The lowest BCUT2D eigenvalue weighted by molar-refractivity contribution is -0.143. The summed E-state index contributed by atoms with van der Waals surface area (Å²) >= 11 is 0. The molecule has 8 heteroatoms. The fraction of sp³-hybridized carbons (Fsp3) is 0.263. The van der Waals surface area contributed by atoms with Gasteiger partial charge in [-0.1, -0.05) is 0 Å². The van der Waals surface area contributed by atoms with Crippen LogP contribution in [-0.4, -0.2) is 39.8 Å². The molecule has 1 heterocycles. The molecule has 0 saturated carbocycles. The topological polar surface area (TPSA) is 96.2 Å². The first-order valence-electron chi connectivity index (χ1n) is 8.01. The molecule has 1 amide bonds. The molecule has 2 rings (SSSR count). The fourth-order valence-corrected chi connectivity index (χ4v) is 2.21. The van der Waals surface area contributed by atoms with E-state index in [1.54, 1.807) is 24.3 Å². The Labute approximate surface area is 156 Å². The maximum absolute atomic E-state index is 11.9. The van der Waals surface area contributed by atoms with Crippen LogP contribution in [0, 0.1) is 0 Å². The van der Waals surface area contributed by atoms with E-state index in [0.717, 1.165) is 5.56 Å². The summed E-state index contributed by atoms with van der Waals surface area (Å²) in [4.78, 5) is 23.4. The van der Waals surface area contributed by atoms with E-state index in [0.29, 0.717) is 23.0 Å². The van der Waals surface area contributed by atoms with Gasteiger partial charge in [0.15, 0.2) is 18.1 Å². The second-order valence-electron chi connectivity index (χ2n) is 5.27. The number of hydrogen-bond acceptors (Lipinski definition) is 7. The maximum atomic E-state index is 11.9. The van der Waals surface area contributed by atoms with Gasteiger partial charge in [-0.25, -0.2) is 4.79 Å². The quantitative estimate of drug-likeness (QED) is 0.530. The monoisotopic (exact) mass is 375 g/mol. The first-order valence-corrected chi connectivity index (χ1v) is 8.01. The summed E-state index contributed by atoms with van der Waals surface area (Å²) < 4.78 is 25.7. The van der Waals surface area contributed by atoms with E-state index in [9.17, 15) is 9.59 Å². The molecule has 0 saturated heterocycles. The third-order valence-electron chi connectivity index (χ3n) is 3.49. The number of ether oxygens (including phenoxy) is 4. The molecule has 0 radical (unpaired) electrons. The number of carbonyl (C=O) groups is 2. The van der Waals surface area contributed by atoms with Crippen LogP contribution >= 0.6 is 0 Å².